The summed E-state index contributed by atoms with van der Waals surface area (Å²) in [5, 5.41) is 0. The molecule has 0 amide bonds. The van der Waals surface area contributed by atoms with Gasteiger partial charge in [0.05, 0.1) is 23.5 Å². The van der Waals surface area contributed by atoms with Gasteiger partial charge in [-0.1, -0.05) is 0 Å². The number of halogens is 2. The van der Waals surface area contributed by atoms with Crippen molar-refractivity contribution in [1.82, 2.24) is 0 Å². The Bertz CT molecular complexity index is 572. The molecule has 0 aromatic heterocycles. The Morgan fingerprint density at radius 2 is 2.10 bits per heavy atom. The lowest BCUT2D eigenvalue weighted by Crippen LogP contribution is -2.48. The van der Waals surface area contributed by atoms with Gasteiger partial charge in [-0.15, -0.1) is 0 Å². The lowest BCUT2D eigenvalue weighted by atomic mass is 9.74. The first-order chi connectivity index (χ1) is 9.99. The molecule has 1 atom stereocenters. The quantitative estimate of drug-likeness (QED) is 0.673. The van der Waals surface area contributed by atoms with Crippen molar-refractivity contribution in [3.8, 4) is 0 Å². The average Bonchev–Trinajstić information content (AvgIpc) is 2.41. The second-order valence-electron chi connectivity index (χ2n) is 5.76. The molecular weight excluding hydrogens is 280 g/mol. The van der Waals surface area contributed by atoms with Crippen LogP contribution in [0.15, 0.2) is 12.1 Å². The maximum Gasteiger partial charge on any atom is 0.341 e. The van der Waals surface area contributed by atoms with E-state index < -0.39 is 17.6 Å². The van der Waals surface area contributed by atoms with Gasteiger partial charge in [0.25, 0.3) is 0 Å². The summed E-state index contributed by atoms with van der Waals surface area (Å²) in [5.74, 6) is -2.65. The SMILES string of the molecule is Nc1cc(C(=O)OC2CCOC3(CCC3)C2)c(F)cc1F. The predicted molar refractivity (Wildman–Crippen MR) is 71.7 cm³/mol. The molecule has 21 heavy (non-hydrogen) atoms. The van der Waals surface area contributed by atoms with Gasteiger partial charge < -0.3 is 15.2 Å². The number of nitrogen functional groups attached to an aromatic ring is 1. The molecule has 0 bridgehead atoms. The van der Waals surface area contributed by atoms with Gasteiger partial charge in [0.1, 0.15) is 17.7 Å². The van der Waals surface area contributed by atoms with Crippen LogP contribution in [0, 0.1) is 11.6 Å². The second kappa shape index (κ2) is 5.26. The normalized spacial score (nSPS) is 23.6. The van der Waals surface area contributed by atoms with E-state index >= 15 is 0 Å². The number of esters is 1. The molecule has 1 aliphatic carbocycles. The summed E-state index contributed by atoms with van der Waals surface area (Å²) >= 11 is 0. The van der Waals surface area contributed by atoms with Gasteiger partial charge in [-0.3, -0.25) is 0 Å². The van der Waals surface area contributed by atoms with Crippen LogP contribution in [0.25, 0.3) is 0 Å². The van der Waals surface area contributed by atoms with Crippen molar-refractivity contribution < 1.29 is 23.0 Å². The van der Waals surface area contributed by atoms with Crippen molar-refractivity contribution in [1.29, 1.82) is 0 Å². The van der Waals surface area contributed by atoms with E-state index in [1.165, 1.54) is 0 Å². The first kappa shape index (κ1) is 14.3. The van der Waals surface area contributed by atoms with Gasteiger partial charge in [-0.25, -0.2) is 13.6 Å². The fourth-order valence-electron chi connectivity index (χ4n) is 2.94. The molecule has 114 valence electrons. The molecule has 6 heteroatoms. The number of benzene rings is 1. The lowest BCUT2D eigenvalue weighted by molar-refractivity contribution is -0.159. The zero-order valence-corrected chi connectivity index (χ0v) is 11.5. The van der Waals surface area contributed by atoms with Crippen LogP contribution in [0.1, 0.15) is 42.5 Å². The third-order valence-corrected chi connectivity index (χ3v) is 4.29. The molecule has 1 aromatic rings. The molecule has 3 rings (SSSR count). The Kier molecular flexibility index (Phi) is 3.57. The van der Waals surface area contributed by atoms with E-state index in [9.17, 15) is 13.6 Å². The van der Waals surface area contributed by atoms with Gasteiger partial charge in [-0.2, -0.15) is 0 Å². The summed E-state index contributed by atoms with van der Waals surface area (Å²) in [4.78, 5) is 12.0. The molecule has 0 radical (unpaired) electrons. The topological polar surface area (TPSA) is 61.6 Å². The molecule has 1 aliphatic heterocycles. The van der Waals surface area contributed by atoms with E-state index in [2.05, 4.69) is 0 Å². The Hall–Kier alpha value is -1.69. The predicted octanol–water partition coefficient (Wildman–Crippen LogP) is 2.81. The van der Waals surface area contributed by atoms with Crippen molar-refractivity contribution in [2.45, 2.75) is 43.8 Å². The van der Waals surface area contributed by atoms with E-state index in [1.54, 1.807) is 0 Å². The summed E-state index contributed by atoms with van der Waals surface area (Å²) in [6, 6.07) is 1.58. The zero-order valence-electron chi connectivity index (χ0n) is 11.5. The number of anilines is 1. The van der Waals surface area contributed by atoms with Crippen LogP contribution in [0.4, 0.5) is 14.5 Å². The van der Waals surface area contributed by atoms with Crippen LogP contribution < -0.4 is 5.73 Å². The lowest BCUT2D eigenvalue weighted by Gasteiger charge is -2.46. The number of rotatable bonds is 2. The van der Waals surface area contributed by atoms with Crippen LogP contribution in [-0.2, 0) is 9.47 Å². The smallest absolute Gasteiger partial charge is 0.341 e. The van der Waals surface area contributed by atoms with E-state index in [4.69, 9.17) is 15.2 Å². The molecule has 1 saturated carbocycles. The van der Waals surface area contributed by atoms with Crippen molar-refractivity contribution in [2.75, 3.05) is 12.3 Å². The van der Waals surface area contributed by atoms with Crippen LogP contribution in [0.2, 0.25) is 0 Å². The zero-order chi connectivity index (χ0) is 15.0. The third-order valence-electron chi connectivity index (χ3n) is 4.29. The van der Waals surface area contributed by atoms with Crippen LogP contribution >= 0.6 is 0 Å². The number of nitrogens with two attached hydrogens (primary N) is 1. The third kappa shape index (κ3) is 2.72. The van der Waals surface area contributed by atoms with E-state index in [0.717, 1.165) is 25.3 Å². The molecule has 2 N–H and O–H groups in total. The number of hydrogen-bond acceptors (Lipinski definition) is 4. The van der Waals surface area contributed by atoms with E-state index in [1.807, 2.05) is 0 Å². The highest BCUT2D eigenvalue weighted by Crippen LogP contribution is 2.43. The van der Waals surface area contributed by atoms with E-state index in [0.29, 0.717) is 25.5 Å². The standard InChI is InChI=1S/C15H17F2NO3/c16-11-7-12(17)13(18)6-10(11)14(19)21-9-2-5-20-15(8-9)3-1-4-15/h6-7,9H,1-5,8,18H2. The number of carbonyl (C=O) groups excluding carboxylic acids is 1. The van der Waals surface area contributed by atoms with Gasteiger partial charge in [0.2, 0.25) is 0 Å². The maximum atomic E-state index is 13.6. The maximum absolute atomic E-state index is 13.6. The summed E-state index contributed by atoms with van der Waals surface area (Å²) in [6.07, 6.45) is 3.99. The highest BCUT2D eigenvalue weighted by atomic mass is 19.1. The number of hydrogen-bond donors (Lipinski definition) is 1. The number of ether oxygens (including phenoxy) is 2. The van der Waals surface area contributed by atoms with Crippen molar-refractivity contribution in [2.24, 2.45) is 0 Å². The Morgan fingerprint density at radius 3 is 2.76 bits per heavy atom. The molecular formula is C15H17F2NO3. The minimum absolute atomic E-state index is 0.163. The monoisotopic (exact) mass is 297 g/mol. The summed E-state index contributed by atoms with van der Waals surface area (Å²) < 4.78 is 37.8. The van der Waals surface area contributed by atoms with Crippen LogP contribution in [0.5, 0.6) is 0 Å². The Balaban J connectivity index is 1.70. The molecule has 1 saturated heterocycles. The first-order valence-electron chi connectivity index (χ1n) is 7.09. The van der Waals surface area contributed by atoms with E-state index in [-0.39, 0.29) is 23.0 Å². The molecule has 1 heterocycles. The summed E-state index contributed by atoms with van der Waals surface area (Å²) in [7, 11) is 0. The highest BCUT2D eigenvalue weighted by Gasteiger charge is 2.43. The van der Waals surface area contributed by atoms with Crippen molar-refractivity contribution >= 4 is 11.7 Å². The van der Waals surface area contributed by atoms with Crippen LogP contribution in [-0.4, -0.2) is 24.3 Å². The minimum Gasteiger partial charge on any atom is -0.458 e. The summed E-state index contributed by atoms with van der Waals surface area (Å²) in [5.41, 5.74) is 4.60. The second-order valence-corrected chi connectivity index (χ2v) is 5.76. The van der Waals surface area contributed by atoms with Crippen molar-refractivity contribution in [3.05, 3.63) is 29.3 Å². The van der Waals surface area contributed by atoms with Gasteiger partial charge >= 0.3 is 5.97 Å². The fourth-order valence-corrected chi connectivity index (χ4v) is 2.94. The highest BCUT2D eigenvalue weighted by molar-refractivity contribution is 5.90. The molecule has 1 spiro atoms. The van der Waals surface area contributed by atoms with Crippen LogP contribution in [0.3, 0.4) is 0 Å². The molecule has 2 aliphatic rings. The van der Waals surface area contributed by atoms with Gasteiger partial charge in [0.15, 0.2) is 0 Å². The average molecular weight is 297 g/mol. The minimum atomic E-state index is -0.961. The molecule has 1 unspecified atom stereocenters. The Labute approximate surface area is 121 Å². The Morgan fingerprint density at radius 1 is 1.33 bits per heavy atom. The number of carbonyl (C=O) groups is 1. The molecule has 4 nitrogen and oxygen atoms in total. The van der Waals surface area contributed by atoms with Gasteiger partial charge in [0, 0.05) is 18.9 Å². The fraction of sp³-hybridized carbons (Fsp3) is 0.533. The van der Waals surface area contributed by atoms with Gasteiger partial charge in [-0.05, 0) is 25.3 Å². The summed E-state index contributed by atoms with van der Waals surface area (Å²) in [6.45, 7) is 0.534. The molecule has 1 aromatic carbocycles. The largest absolute Gasteiger partial charge is 0.458 e. The molecule has 2 fully saturated rings. The first-order valence-corrected chi connectivity index (χ1v) is 7.09. The van der Waals surface area contributed by atoms with Crippen molar-refractivity contribution in [3.63, 3.8) is 0 Å².